The van der Waals surface area contributed by atoms with Gasteiger partial charge >= 0.3 is 6.18 Å². The van der Waals surface area contributed by atoms with E-state index in [0.29, 0.717) is 11.7 Å². The summed E-state index contributed by atoms with van der Waals surface area (Å²) in [5.41, 5.74) is -0.661. The zero-order chi connectivity index (χ0) is 13.2. The summed E-state index contributed by atoms with van der Waals surface area (Å²) in [5.74, 6) is 0.878. The summed E-state index contributed by atoms with van der Waals surface area (Å²) in [6, 6.07) is 4.76. The van der Waals surface area contributed by atoms with Crippen molar-refractivity contribution in [1.29, 1.82) is 0 Å². The maximum absolute atomic E-state index is 12.4. The Balaban J connectivity index is 1.94. The van der Waals surface area contributed by atoms with Gasteiger partial charge in [-0.2, -0.15) is 13.2 Å². The number of rotatable bonds is 2. The number of piperidine rings is 1. The summed E-state index contributed by atoms with van der Waals surface area (Å²) in [7, 11) is 0. The fourth-order valence-electron chi connectivity index (χ4n) is 1.85. The van der Waals surface area contributed by atoms with Crippen LogP contribution in [0.1, 0.15) is 18.4 Å². The van der Waals surface area contributed by atoms with Crippen LogP contribution >= 0.6 is 0 Å². The number of nitrogens with zero attached hydrogens (tertiary/aromatic N) is 1. The average Bonchev–Trinajstić information content (AvgIpc) is 2.32. The second-order valence-electron chi connectivity index (χ2n) is 4.49. The molecule has 1 aromatic rings. The Morgan fingerprint density at radius 1 is 1.11 bits per heavy atom. The molecule has 0 unspecified atom stereocenters. The molecule has 0 atom stereocenters. The van der Waals surface area contributed by atoms with E-state index in [1.807, 2.05) is 0 Å². The Bertz CT molecular complexity index is 380. The van der Waals surface area contributed by atoms with Gasteiger partial charge in [0.1, 0.15) is 5.75 Å². The van der Waals surface area contributed by atoms with Gasteiger partial charge in [-0.3, -0.25) is 0 Å². The molecule has 0 spiro atoms. The predicted molar refractivity (Wildman–Crippen MR) is 61.7 cm³/mol. The first-order valence-electron chi connectivity index (χ1n) is 5.88. The molecule has 0 amide bonds. The van der Waals surface area contributed by atoms with E-state index < -0.39 is 11.7 Å². The van der Waals surface area contributed by atoms with E-state index in [1.165, 1.54) is 12.1 Å². The predicted octanol–water partition coefficient (Wildman–Crippen LogP) is 3.55. The van der Waals surface area contributed by atoms with Crippen molar-refractivity contribution in [2.75, 3.05) is 13.1 Å². The SMILES string of the molecule is [CH2]C1CCN(Oc2ccc(C(F)(F)F)cc2)CC1. The lowest BCUT2D eigenvalue weighted by molar-refractivity contribution is -0.137. The highest BCUT2D eigenvalue weighted by Gasteiger charge is 2.30. The summed E-state index contributed by atoms with van der Waals surface area (Å²) >= 11 is 0. The third kappa shape index (κ3) is 3.38. The number of halogens is 3. The molecule has 1 fully saturated rings. The Hall–Kier alpha value is -1.23. The van der Waals surface area contributed by atoms with Crippen molar-refractivity contribution >= 4 is 0 Å². The van der Waals surface area contributed by atoms with E-state index in [2.05, 4.69) is 6.92 Å². The number of alkyl halides is 3. The minimum atomic E-state index is -4.30. The van der Waals surface area contributed by atoms with Crippen molar-refractivity contribution in [3.8, 4) is 5.75 Å². The van der Waals surface area contributed by atoms with Gasteiger partial charge in [0.15, 0.2) is 0 Å². The maximum Gasteiger partial charge on any atom is 0.416 e. The van der Waals surface area contributed by atoms with Crippen molar-refractivity contribution < 1.29 is 18.0 Å². The molecular formula is C13H15F3NO. The van der Waals surface area contributed by atoms with Crippen LogP contribution in [0.3, 0.4) is 0 Å². The van der Waals surface area contributed by atoms with E-state index in [1.54, 1.807) is 5.06 Å². The Morgan fingerprint density at radius 3 is 2.17 bits per heavy atom. The van der Waals surface area contributed by atoms with E-state index in [0.717, 1.165) is 38.1 Å². The van der Waals surface area contributed by atoms with E-state index >= 15 is 0 Å². The van der Waals surface area contributed by atoms with Gasteiger partial charge < -0.3 is 4.84 Å². The molecule has 1 aliphatic heterocycles. The zero-order valence-electron chi connectivity index (χ0n) is 9.91. The Labute approximate surface area is 104 Å². The fraction of sp³-hybridized carbons (Fsp3) is 0.462. The normalized spacial score (nSPS) is 18.9. The van der Waals surface area contributed by atoms with Crippen molar-refractivity contribution in [3.63, 3.8) is 0 Å². The van der Waals surface area contributed by atoms with Crippen LogP contribution in [-0.4, -0.2) is 18.2 Å². The monoisotopic (exact) mass is 258 g/mol. The van der Waals surface area contributed by atoms with E-state index in [4.69, 9.17) is 4.84 Å². The highest BCUT2D eigenvalue weighted by Crippen LogP contribution is 2.30. The summed E-state index contributed by atoms with van der Waals surface area (Å²) in [6.07, 6.45) is -2.41. The lowest BCUT2D eigenvalue weighted by Gasteiger charge is -2.29. The highest BCUT2D eigenvalue weighted by molar-refractivity contribution is 5.28. The first-order chi connectivity index (χ1) is 8.45. The fourth-order valence-corrected chi connectivity index (χ4v) is 1.85. The topological polar surface area (TPSA) is 12.5 Å². The van der Waals surface area contributed by atoms with Gasteiger partial charge in [-0.05, 0) is 43.0 Å². The minimum absolute atomic E-state index is 0.436. The van der Waals surface area contributed by atoms with Crippen LogP contribution in [0.2, 0.25) is 0 Å². The number of hydrogen-bond donors (Lipinski definition) is 0. The third-order valence-corrected chi connectivity index (χ3v) is 2.99. The lowest BCUT2D eigenvalue weighted by atomic mass is 10.0. The second kappa shape index (κ2) is 5.18. The molecule has 1 saturated heterocycles. The molecule has 1 heterocycles. The van der Waals surface area contributed by atoms with Crippen LogP contribution in [-0.2, 0) is 6.18 Å². The van der Waals surface area contributed by atoms with Crippen molar-refractivity contribution in [3.05, 3.63) is 36.8 Å². The summed E-state index contributed by atoms with van der Waals surface area (Å²) < 4.78 is 37.1. The molecule has 2 rings (SSSR count). The molecule has 5 heteroatoms. The van der Waals surface area contributed by atoms with Gasteiger partial charge in [0, 0.05) is 13.1 Å². The van der Waals surface area contributed by atoms with Crippen molar-refractivity contribution in [2.24, 2.45) is 5.92 Å². The van der Waals surface area contributed by atoms with Crippen molar-refractivity contribution in [1.82, 2.24) is 5.06 Å². The van der Waals surface area contributed by atoms with E-state index in [-0.39, 0.29) is 0 Å². The molecule has 0 aromatic heterocycles. The van der Waals surface area contributed by atoms with Crippen LogP contribution < -0.4 is 4.84 Å². The Morgan fingerprint density at radius 2 is 1.67 bits per heavy atom. The van der Waals surface area contributed by atoms with Gasteiger partial charge in [0.25, 0.3) is 0 Å². The number of hydroxylamine groups is 2. The molecule has 0 bridgehead atoms. The number of benzene rings is 1. The van der Waals surface area contributed by atoms with Gasteiger partial charge in [0.2, 0.25) is 0 Å². The van der Waals surface area contributed by atoms with Crippen LogP contribution in [0.4, 0.5) is 13.2 Å². The summed E-state index contributed by atoms with van der Waals surface area (Å²) in [6.45, 7) is 5.49. The average molecular weight is 258 g/mol. The first kappa shape index (κ1) is 13.2. The van der Waals surface area contributed by atoms with Crippen LogP contribution in [0.15, 0.2) is 24.3 Å². The lowest BCUT2D eigenvalue weighted by Crippen LogP contribution is -2.35. The number of hydrogen-bond acceptors (Lipinski definition) is 2. The van der Waals surface area contributed by atoms with Gasteiger partial charge in [-0.1, -0.05) is 6.92 Å². The van der Waals surface area contributed by atoms with Crippen LogP contribution in [0.5, 0.6) is 5.75 Å². The standard InChI is InChI=1S/C13H15F3NO/c1-10-6-8-17(9-7-10)18-12-4-2-11(3-5-12)13(14,15)16/h2-5,10H,1,6-9H2. The maximum atomic E-state index is 12.4. The first-order valence-corrected chi connectivity index (χ1v) is 5.88. The minimum Gasteiger partial charge on any atom is -0.406 e. The molecule has 99 valence electrons. The molecule has 18 heavy (non-hydrogen) atoms. The molecule has 0 saturated carbocycles. The van der Waals surface area contributed by atoms with Crippen LogP contribution in [0.25, 0.3) is 0 Å². The molecular weight excluding hydrogens is 243 g/mol. The molecule has 1 aromatic carbocycles. The van der Waals surface area contributed by atoms with Gasteiger partial charge in [-0.15, -0.1) is 5.06 Å². The molecule has 1 radical (unpaired) electrons. The van der Waals surface area contributed by atoms with Crippen molar-refractivity contribution in [2.45, 2.75) is 19.0 Å². The molecule has 0 aliphatic carbocycles. The van der Waals surface area contributed by atoms with Crippen LogP contribution in [0, 0.1) is 12.8 Å². The Kier molecular flexibility index (Phi) is 3.80. The quantitative estimate of drug-likeness (QED) is 0.804. The largest absolute Gasteiger partial charge is 0.416 e. The molecule has 0 N–H and O–H groups in total. The van der Waals surface area contributed by atoms with Gasteiger partial charge in [0.05, 0.1) is 5.56 Å². The second-order valence-corrected chi connectivity index (χ2v) is 4.49. The highest BCUT2D eigenvalue weighted by atomic mass is 19.4. The smallest absolute Gasteiger partial charge is 0.406 e. The molecule has 1 aliphatic rings. The third-order valence-electron chi connectivity index (χ3n) is 2.99. The van der Waals surface area contributed by atoms with Gasteiger partial charge in [-0.25, -0.2) is 0 Å². The zero-order valence-corrected chi connectivity index (χ0v) is 9.91. The summed E-state index contributed by atoms with van der Waals surface area (Å²) in [5, 5.41) is 1.77. The molecule has 2 nitrogen and oxygen atoms in total. The van der Waals surface area contributed by atoms with E-state index in [9.17, 15) is 13.2 Å². The summed E-state index contributed by atoms with van der Waals surface area (Å²) in [4.78, 5) is 5.51.